The van der Waals surface area contributed by atoms with Gasteiger partial charge in [0.1, 0.15) is 12.6 Å². The van der Waals surface area contributed by atoms with E-state index in [1.807, 2.05) is 13.8 Å². The Balaban J connectivity index is 2.11. The molecule has 0 radical (unpaired) electrons. The highest BCUT2D eigenvalue weighted by Gasteiger charge is 2.24. The number of ether oxygens (including phenoxy) is 2. The van der Waals surface area contributed by atoms with E-state index in [-0.39, 0.29) is 5.92 Å². The Kier molecular flexibility index (Phi) is 9.09. The van der Waals surface area contributed by atoms with Crippen LogP contribution < -0.4 is 20.2 Å². The summed E-state index contributed by atoms with van der Waals surface area (Å²) in [6.07, 6.45) is 3.07. The number of halogens is 1. The van der Waals surface area contributed by atoms with Crippen LogP contribution >= 0.6 is 11.6 Å². The Morgan fingerprint density at radius 2 is 1.97 bits per heavy atom. The molecule has 0 saturated heterocycles. The fourth-order valence-corrected chi connectivity index (χ4v) is 2.91. The van der Waals surface area contributed by atoms with E-state index in [1.54, 1.807) is 42.5 Å². The topological polar surface area (TPSA) is 89.0 Å². The Bertz CT molecular complexity index is 960. The van der Waals surface area contributed by atoms with Gasteiger partial charge in [0.25, 0.3) is 11.8 Å². The van der Waals surface area contributed by atoms with Crippen molar-refractivity contribution in [2.75, 3.05) is 13.7 Å². The number of amides is 2. The molecule has 7 nitrogen and oxygen atoms in total. The van der Waals surface area contributed by atoms with Gasteiger partial charge in [-0.05, 0) is 36.2 Å². The van der Waals surface area contributed by atoms with E-state index >= 15 is 0 Å². The first-order valence-electron chi connectivity index (χ1n) is 9.67. The number of para-hydroxylation sites is 1. The number of methoxy groups -OCH3 is 1. The number of hydrogen-bond donors (Lipinski definition) is 2. The maximum Gasteiger partial charge on any atom is 0.262 e. The van der Waals surface area contributed by atoms with E-state index in [0.29, 0.717) is 34.3 Å². The van der Waals surface area contributed by atoms with E-state index in [2.05, 4.69) is 22.4 Å². The Hall–Kier alpha value is -3.32. The number of hydrogen-bond acceptors (Lipinski definition) is 5. The predicted octanol–water partition coefficient (Wildman–Crippen LogP) is 3.82. The largest absolute Gasteiger partial charge is 0.493 e. The molecular formula is C23H26ClN3O4. The molecule has 2 N–H and O–H groups in total. The number of hydrazone groups is 1. The number of nitrogens with one attached hydrogen (secondary N) is 2. The smallest absolute Gasteiger partial charge is 0.262 e. The molecule has 0 fully saturated rings. The number of carbonyl (C=O) groups excluding carboxylic acids is 2. The second-order valence-electron chi connectivity index (χ2n) is 6.92. The van der Waals surface area contributed by atoms with E-state index in [9.17, 15) is 9.59 Å². The number of carbonyl (C=O) groups is 2. The lowest BCUT2D eigenvalue weighted by Gasteiger charge is -2.20. The van der Waals surface area contributed by atoms with Crippen molar-refractivity contribution in [3.63, 3.8) is 0 Å². The van der Waals surface area contributed by atoms with Crippen LogP contribution in [0.15, 0.2) is 60.2 Å². The van der Waals surface area contributed by atoms with Gasteiger partial charge in [0, 0.05) is 16.1 Å². The maximum absolute atomic E-state index is 12.7. The van der Waals surface area contributed by atoms with Crippen LogP contribution in [0.5, 0.6) is 11.5 Å². The average Bonchev–Trinajstić information content (AvgIpc) is 2.75. The van der Waals surface area contributed by atoms with E-state index in [0.717, 1.165) is 0 Å². The summed E-state index contributed by atoms with van der Waals surface area (Å²) in [5.74, 6) is 0.0106. The molecule has 2 amide bonds. The zero-order valence-electron chi connectivity index (χ0n) is 17.7. The first kappa shape index (κ1) is 24.0. The monoisotopic (exact) mass is 443 g/mol. The normalized spacial score (nSPS) is 11.8. The van der Waals surface area contributed by atoms with Crippen LogP contribution in [0.2, 0.25) is 5.02 Å². The Morgan fingerprint density at radius 3 is 2.61 bits per heavy atom. The van der Waals surface area contributed by atoms with Crippen LogP contribution in [-0.4, -0.2) is 37.8 Å². The highest BCUT2D eigenvalue weighted by atomic mass is 35.5. The van der Waals surface area contributed by atoms with Crippen LogP contribution in [0.1, 0.15) is 29.8 Å². The summed E-state index contributed by atoms with van der Waals surface area (Å²) in [5, 5.41) is 7.19. The van der Waals surface area contributed by atoms with Crippen molar-refractivity contribution in [2.24, 2.45) is 11.0 Å². The van der Waals surface area contributed by atoms with Gasteiger partial charge < -0.3 is 14.8 Å². The molecule has 1 atom stereocenters. The molecule has 0 aliphatic carbocycles. The van der Waals surface area contributed by atoms with Crippen molar-refractivity contribution in [1.29, 1.82) is 0 Å². The summed E-state index contributed by atoms with van der Waals surface area (Å²) in [6.45, 7) is 7.58. The molecule has 2 aromatic carbocycles. The first-order chi connectivity index (χ1) is 14.9. The third kappa shape index (κ3) is 6.86. The minimum absolute atomic E-state index is 0.165. The molecule has 0 bridgehead atoms. The highest BCUT2D eigenvalue weighted by Crippen LogP contribution is 2.30. The van der Waals surface area contributed by atoms with Crippen LogP contribution in [0.3, 0.4) is 0 Å². The molecule has 2 aromatic rings. The molecule has 31 heavy (non-hydrogen) atoms. The van der Waals surface area contributed by atoms with Crippen molar-refractivity contribution >= 4 is 29.6 Å². The quantitative estimate of drug-likeness (QED) is 0.332. The van der Waals surface area contributed by atoms with Gasteiger partial charge in [0.05, 0.1) is 13.3 Å². The van der Waals surface area contributed by atoms with Gasteiger partial charge in [-0.1, -0.05) is 50.2 Å². The summed E-state index contributed by atoms with van der Waals surface area (Å²) in [4.78, 5) is 25.2. The van der Waals surface area contributed by atoms with Crippen molar-refractivity contribution in [2.45, 2.75) is 19.9 Å². The van der Waals surface area contributed by atoms with E-state index in [4.69, 9.17) is 21.1 Å². The van der Waals surface area contributed by atoms with E-state index in [1.165, 1.54) is 19.4 Å². The zero-order chi connectivity index (χ0) is 22.8. The highest BCUT2D eigenvalue weighted by molar-refractivity contribution is 6.31. The van der Waals surface area contributed by atoms with Crippen LogP contribution in [0.4, 0.5) is 0 Å². The van der Waals surface area contributed by atoms with Gasteiger partial charge in [-0.25, -0.2) is 5.43 Å². The average molecular weight is 444 g/mol. The molecule has 0 aromatic heterocycles. The van der Waals surface area contributed by atoms with Gasteiger partial charge in [-0.15, -0.1) is 0 Å². The molecule has 0 heterocycles. The number of benzene rings is 2. The second kappa shape index (κ2) is 11.8. The molecular weight excluding hydrogens is 418 g/mol. The van der Waals surface area contributed by atoms with Gasteiger partial charge in [0.2, 0.25) is 0 Å². The summed E-state index contributed by atoms with van der Waals surface area (Å²) in [7, 11) is 1.54. The predicted molar refractivity (Wildman–Crippen MR) is 122 cm³/mol. The standard InChI is InChI=1S/C23H26ClN3O4/c1-5-12-31-21-17(9-7-11-19(21)30-4)14-25-27-23(29)20(15(2)3)26-22(28)16-8-6-10-18(24)13-16/h5-11,13-15,20H,1,12H2,2-4H3,(H,26,28)(H,27,29). The second-order valence-corrected chi connectivity index (χ2v) is 7.35. The third-order valence-corrected chi connectivity index (χ3v) is 4.51. The molecule has 164 valence electrons. The summed E-state index contributed by atoms with van der Waals surface area (Å²) in [6, 6.07) is 11.0. The number of rotatable bonds is 10. The van der Waals surface area contributed by atoms with Crippen LogP contribution in [-0.2, 0) is 4.79 Å². The fourth-order valence-electron chi connectivity index (χ4n) is 2.72. The molecule has 0 aliphatic rings. The van der Waals surface area contributed by atoms with Gasteiger partial charge in [-0.2, -0.15) is 5.10 Å². The lowest BCUT2D eigenvalue weighted by Crippen LogP contribution is -2.48. The SMILES string of the molecule is C=CCOc1c(C=NNC(=O)C(NC(=O)c2cccc(Cl)c2)C(C)C)cccc1OC. The zero-order valence-corrected chi connectivity index (χ0v) is 18.5. The Morgan fingerprint density at radius 1 is 1.23 bits per heavy atom. The minimum atomic E-state index is -0.787. The Labute approximate surface area is 187 Å². The lowest BCUT2D eigenvalue weighted by molar-refractivity contribution is -0.123. The maximum atomic E-state index is 12.7. The van der Waals surface area contributed by atoms with Crippen LogP contribution in [0, 0.1) is 5.92 Å². The lowest BCUT2D eigenvalue weighted by atomic mass is 10.0. The summed E-state index contributed by atoms with van der Waals surface area (Å²) >= 11 is 5.94. The van der Waals surface area contributed by atoms with Gasteiger partial charge in [0.15, 0.2) is 11.5 Å². The fraction of sp³-hybridized carbons (Fsp3) is 0.261. The van der Waals surface area contributed by atoms with Gasteiger partial charge >= 0.3 is 0 Å². The summed E-state index contributed by atoms with van der Waals surface area (Å²) in [5.41, 5.74) is 3.46. The molecule has 2 rings (SSSR count). The molecule has 0 aliphatic heterocycles. The van der Waals surface area contributed by atoms with Crippen molar-refractivity contribution in [1.82, 2.24) is 10.7 Å². The number of nitrogens with zero attached hydrogens (tertiary/aromatic N) is 1. The summed E-state index contributed by atoms with van der Waals surface area (Å²) < 4.78 is 11.0. The molecule has 0 spiro atoms. The van der Waals surface area contributed by atoms with Crippen molar-refractivity contribution < 1.29 is 19.1 Å². The minimum Gasteiger partial charge on any atom is -0.493 e. The first-order valence-corrected chi connectivity index (χ1v) is 10.0. The van der Waals surface area contributed by atoms with Crippen molar-refractivity contribution in [3.8, 4) is 11.5 Å². The molecule has 8 heteroatoms. The van der Waals surface area contributed by atoms with E-state index < -0.39 is 17.9 Å². The molecule has 0 saturated carbocycles. The van der Waals surface area contributed by atoms with Crippen LogP contribution in [0.25, 0.3) is 0 Å². The molecule has 1 unspecified atom stereocenters. The van der Waals surface area contributed by atoms with Crippen molar-refractivity contribution in [3.05, 3.63) is 71.3 Å². The third-order valence-electron chi connectivity index (χ3n) is 4.28. The van der Waals surface area contributed by atoms with Gasteiger partial charge in [-0.3, -0.25) is 9.59 Å².